The molecule has 0 radical (unpaired) electrons. The fourth-order valence-electron chi connectivity index (χ4n) is 4.37. The average molecular weight is 384 g/mol. The van der Waals surface area contributed by atoms with E-state index in [1.807, 2.05) is 6.07 Å². The van der Waals surface area contributed by atoms with Crippen molar-refractivity contribution < 1.29 is 19.2 Å². The maximum absolute atomic E-state index is 12.9. The zero-order valence-electron chi connectivity index (χ0n) is 15.6. The minimum absolute atomic E-state index is 0.118. The SMILES string of the molecule is NCCC1CCN(c2ccc3c(c2)C(=O)N(C2CCC(=O)NC2=O)C3=O)CC1. The molecule has 0 saturated carbocycles. The lowest BCUT2D eigenvalue weighted by Crippen LogP contribution is -2.54. The molecule has 1 atom stereocenters. The first-order valence-electron chi connectivity index (χ1n) is 9.80. The number of nitrogens with zero attached hydrogens (tertiary/aromatic N) is 2. The van der Waals surface area contributed by atoms with E-state index in [1.165, 1.54) is 0 Å². The highest BCUT2D eigenvalue weighted by Gasteiger charge is 2.44. The highest BCUT2D eigenvalue weighted by molar-refractivity contribution is 6.23. The number of carbonyl (C=O) groups is 4. The third kappa shape index (κ3) is 3.17. The van der Waals surface area contributed by atoms with Crippen LogP contribution < -0.4 is 16.0 Å². The summed E-state index contributed by atoms with van der Waals surface area (Å²) >= 11 is 0. The van der Waals surface area contributed by atoms with Crippen LogP contribution >= 0.6 is 0 Å². The zero-order valence-corrected chi connectivity index (χ0v) is 15.6. The molecular weight excluding hydrogens is 360 g/mol. The number of imide groups is 2. The van der Waals surface area contributed by atoms with Gasteiger partial charge in [-0.15, -0.1) is 0 Å². The van der Waals surface area contributed by atoms with E-state index in [0.29, 0.717) is 23.6 Å². The third-order valence-corrected chi connectivity index (χ3v) is 5.98. The van der Waals surface area contributed by atoms with Crippen molar-refractivity contribution in [1.29, 1.82) is 0 Å². The summed E-state index contributed by atoms with van der Waals surface area (Å²) < 4.78 is 0. The van der Waals surface area contributed by atoms with E-state index in [0.717, 1.165) is 42.9 Å². The number of piperidine rings is 2. The molecule has 3 aliphatic heterocycles. The molecule has 148 valence electrons. The van der Waals surface area contributed by atoms with E-state index in [2.05, 4.69) is 10.2 Å². The molecule has 1 unspecified atom stereocenters. The number of anilines is 1. The number of nitrogens with one attached hydrogen (secondary N) is 1. The standard InChI is InChI=1S/C20H24N4O4/c21-8-5-12-6-9-23(10-7-12)13-1-2-14-15(11-13)20(28)24(19(14)27)16-3-4-17(25)22-18(16)26/h1-2,11-12,16H,3-10,21H2,(H,22,25,26). The molecule has 4 amide bonds. The first-order valence-corrected chi connectivity index (χ1v) is 9.80. The van der Waals surface area contributed by atoms with Crippen LogP contribution in [0.1, 0.15) is 52.8 Å². The smallest absolute Gasteiger partial charge is 0.262 e. The molecule has 0 aliphatic carbocycles. The van der Waals surface area contributed by atoms with Gasteiger partial charge in [0.25, 0.3) is 11.8 Å². The average Bonchev–Trinajstić information content (AvgIpc) is 2.93. The Balaban J connectivity index is 1.53. The number of rotatable bonds is 4. The second-order valence-corrected chi connectivity index (χ2v) is 7.68. The van der Waals surface area contributed by atoms with Gasteiger partial charge in [0.2, 0.25) is 11.8 Å². The van der Waals surface area contributed by atoms with Gasteiger partial charge in [-0.05, 0) is 56.3 Å². The van der Waals surface area contributed by atoms with Crippen LogP contribution in [-0.2, 0) is 9.59 Å². The number of hydrogen-bond donors (Lipinski definition) is 2. The number of carbonyl (C=O) groups excluding carboxylic acids is 4. The van der Waals surface area contributed by atoms with Crippen LogP contribution in [0.2, 0.25) is 0 Å². The van der Waals surface area contributed by atoms with Crippen LogP contribution in [0, 0.1) is 5.92 Å². The number of hydrogen-bond acceptors (Lipinski definition) is 6. The van der Waals surface area contributed by atoms with Gasteiger partial charge < -0.3 is 10.6 Å². The third-order valence-electron chi connectivity index (χ3n) is 5.98. The number of amides is 4. The first kappa shape index (κ1) is 18.6. The quantitative estimate of drug-likeness (QED) is 0.737. The van der Waals surface area contributed by atoms with Gasteiger partial charge in [0.05, 0.1) is 11.1 Å². The van der Waals surface area contributed by atoms with Crippen molar-refractivity contribution in [1.82, 2.24) is 10.2 Å². The van der Waals surface area contributed by atoms with Crippen molar-refractivity contribution >= 4 is 29.3 Å². The largest absolute Gasteiger partial charge is 0.371 e. The molecule has 1 aromatic rings. The molecule has 2 saturated heterocycles. The van der Waals surface area contributed by atoms with Gasteiger partial charge in [0.15, 0.2) is 0 Å². The lowest BCUT2D eigenvalue weighted by Gasteiger charge is -2.33. The first-order chi connectivity index (χ1) is 13.5. The summed E-state index contributed by atoms with van der Waals surface area (Å²) in [6.45, 7) is 2.49. The van der Waals surface area contributed by atoms with Crippen LogP contribution in [0.25, 0.3) is 0 Å². The van der Waals surface area contributed by atoms with Gasteiger partial charge in [0, 0.05) is 25.2 Å². The van der Waals surface area contributed by atoms with Gasteiger partial charge in [-0.2, -0.15) is 0 Å². The highest BCUT2D eigenvalue weighted by atomic mass is 16.2. The van der Waals surface area contributed by atoms with Crippen molar-refractivity contribution in [2.45, 2.75) is 38.1 Å². The Morgan fingerprint density at radius 3 is 2.39 bits per heavy atom. The lowest BCUT2D eigenvalue weighted by atomic mass is 9.93. The van der Waals surface area contributed by atoms with Crippen LogP contribution in [0.3, 0.4) is 0 Å². The van der Waals surface area contributed by atoms with E-state index in [9.17, 15) is 19.2 Å². The maximum Gasteiger partial charge on any atom is 0.262 e. The Hall–Kier alpha value is -2.74. The molecule has 3 aliphatic rings. The minimum atomic E-state index is -0.930. The van der Waals surface area contributed by atoms with E-state index < -0.39 is 23.8 Å². The second kappa shape index (κ2) is 7.35. The highest BCUT2D eigenvalue weighted by Crippen LogP contribution is 2.32. The van der Waals surface area contributed by atoms with E-state index in [4.69, 9.17) is 5.73 Å². The Kier molecular flexibility index (Phi) is 4.89. The van der Waals surface area contributed by atoms with Gasteiger partial charge in [-0.1, -0.05) is 0 Å². The molecule has 2 fully saturated rings. The molecule has 0 aromatic heterocycles. The van der Waals surface area contributed by atoms with Gasteiger partial charge >= 0.3 is 0 Å². The molecular formula is C20H24N4O4. The Morgan fingerprint density at radius 2 is 1.71 bits per heavy atom. The lowest BCUT2D eigenvalue weighted by molar-refractivity contribution is -0.136. The van der Waals surface area contributed by atoms with Gasteiger partial charge in [-0.25, -0.2) is 0 Å². The fraction of sp³-hybridized carbons (Fsp3) is 0.500. The summed E-state index contributed by atoms with van der Waals surface area (Å²) in [6, 6.07) is 4.36. The Bertz CT molecular complexity index is 845. The van der Waals surface area contributed by atoms with Gasteiger partial charge in [-0.3, -0.25) is 29.4 Å². The predicted molar refractivity (Wildman–Crippen MR) is 102 cm³/mol. The van der Waals surface area contributed by atoms with Gasteiger partial charge in [0.1, 0.15) is 6.04 Å². The molecule has 3 N–H and O–H groups in total. The molecule has 1 aromatic carbocycles. The summed E-state index contributed by atoms with van der Waals surface area (Å²) in [4.78, 5) is 52.4. The molecule has 4 rings (SSSR count). The fourth-order valence-corrected chi connectivity index (χ4v) is 4.37. The number of fused-ring (bicyclic) bond motifs is 1. The maximum atomic E-state index is 12.9. The summed E-state index contributed by atoms with van der Waals surface area (Å²) in [5.41, 5.74) is 7.21. The van der Waals surface area contributed by atoms with Crippen molar-refractivity contribution in [3.05, 3.63) is 29.3 Å². The topological polar surface area (TPSA) is 113 Å². The van der Waals surface area contributed by atoms with Crippen LogP contribution in [-0.4, -0.2) is 54.2 Å². The Labute approximate surface area is 163 Å². The summed E-state index contributed by atoms with van der Waals surface area (Å²) in [5.74, 6) is -1.26. The molecule has 0 bridgehead atoms. The molecule has 0 spiro atoms. The van der Waals surface area contributed by atoms with Crippen molar-refractivity contribution in [2.75, 3.05) is 24.5 Å². The number of nitrogens with two attached hydrogens (primary N) is 1. The minimum Gasteiger partial charge on any atom is -0.371 e. The Morgan fingerprint density at radius 1 is 1.00 bits per heavy atom. The van der Waals surface area contributed by atoms with Crippen molar-refractivity contribution in [3.63, 3.8) is 0 Å². The van der Waals surface area contributed by atoms with E-state index in [-0.39, 0.29) is 18.7 Å². The summed E-state index contributed by atoms with van der Waals surface area (Å²) in [5, 5.41) is 2.21. The number of benzene rings is 1. The summed E-state index contributed by atoms with van der Waals surface area (Å²) in [6.07, 6.45) is 3.43. The van der Waals surface area contributed by atoms with Crippen molar-refractivity contribution in [2.24, 2.45) is 11.7 Å². The van der Waals surface area contributed by atoms with Crippen LogP contribution in [0.15, 0.2) is 18.2 Å². The molecule has 8 heteroatoms. The zero-order chi connectivity index (χ0) is 19.8. The molecule has 3 heterocycles. The van der Waals surface area contributed by atoms with Crippen molar-refractivity contribution in [3.8, 4) is 0 Å². The van der Waals surface area contributed by atoms with Crippen LogP contribution in [0.4, 0.5) is 5.69 Å². The van der Waals surface area contributed by atoms with E-state index >= 15 is 0 Å². The predicted octanol–water partition coefficient (Wildman–Crippen LogP) is 0.653. The van der Waals surface area contributed by atoms with Crippen LogP contribution in [0.5, 0.6) is 0 Å². The molecule has 8 nitrogen and oxygen atoms in total. The second-order valence-electron chi connectivity index (χ2n) is 7.68. The normalized spacial score (nSPS) is 23.2. The van der Waals surface area contributed by atoms with E-state index in [1.54, 1.807) is 12.1 Å². The summed E-state index contributed by atoms with van der Waals surface area (Å²) in [7, 11) is 0. The monoisotopic (exact) mass is 384 g/mol. The molecule has 28 heavy (non-hydrogen) atoms.